The van der Waals surface area contributed by atoms with Gasteiger partial charge < -0.3 is 14.6 Å². The van der Waals surface area contributed by atoms with Crippen molar-refractivity contribution in [2.24, 2.45) is 0 Å². The number of ether oxygens (including phenoxy) is 2. The van der Waals surface area contributed by atoms with E-state index in [0.29, 0.717) is 24.3 Å². The molecule has 4 nitrogen and oxygen atoms in total. The Morgan fingerprint density at radius 3 is 3.06 bits per heavy atom. The smallest absolute Gasteiger partial charge is 0.339 e. The van der Waals surface area contributed by atoms with Crippen LogP contribution in [0.1, 0.15) is 17.2 Å². The van der Waals surface area contributed by atoms with Crippen molar-refractivity contribution >= 4 is 5.97 Å². The summed E-state index contributed by atoms with van der Waals surface area (Å²) >= 11 is 0. The average Bonchev–Trinajstić information content (AvgIpc) is 2.75. The third-order valence-corrected chi connectivity index (χ3v) is 2.57. The molecule has 1 heterocycles. The summed E-state index contributed by atoms with van der Waals surface area (Å²) in [6.45, 7) is 0.430. The maximum atomic E-state index is 13.6. The highest BCUT2D eigenvalue weighted by Crippen LogP contribution is 2.34. The molecule has 0 aromatic heterocycles. The van der Waals surface area contributed by atoms with Gasteiger partial charge in [-0.15, -0.1) is 0 Å². The highest BCUT2D eigenvalue weighted by molar-refractivity contribution is 5.77. The van der Waals surface area contributed by atoms with E-state index in [4.69, 9.17) is 4.74 Å². The number of methoxy groups -OCH3 is 1. The number of hydrogen-bond acceptors (Lipinski definition) is 4. The van der Waals surface area contributed by atoms with E-state index in [2.05, 4.69) is 4.74 Å². The predicted molar refractivity (Wildman–Crippen MR) is 52.6 cm³/mol. The number of fused-ring (bicyclic) bond motifs is 1. The Balaban J connectivity index is 2.47. The number of carbonyl (C=O) groups excluding carboxylic acids is 1. The van der Waals surface area contributed by atoms with Gasteiger partial charge in [0.15, 0.2) is 6.10 Å². The van der Waals surface area contributed by atoms with Gasteiger partial charge in [0, 0.05) is 17.5 Å². The monoisotopic (exact) mass is 226 g/mol. The molecule has 0 saturated carbocycles. The van der Waals surface area contributed by atoms with E-state index in [1.807, 2.05) is 0 Å². The second-order valence-electron chi connectivity index (χ2n) is 3.46. The van der Waals surface area contributed by atoms with Crippen molar-refractivity contribution < 1.29 is 23.8 Å². The largest absolute Gasteiger partial charge is 0.493 e. The normalized spacial score (nSPS) is 15.2. The van der Waals surface area contributed by atoms with Crippen molar-refractivity contribution in [1.82, 2.24) is 0 Å². The minimum atomic E-state index is -1.60. The zero-order chi connectivity index (χ0) is 11.7. The fraction of sp³-hybridized carbons (Fsp3) is 0.364. The molecule has 2 rings (SSSR count). The molecule has 1 aliphatic rings. The minimum Gasteiger partial charge on any atom is -0.493 e. The SMILES string of the molecule is COC(=O)C(O)c1c(F)ccc2c1CCO2. The zero-order valence-electron chi connectivity index (χ0n) is 8.70. The zero-order valence-corrected chi connectivity index (χ0v) is 8.70. The highest BCUT2D eigenvalue weighted by atomic mass is 19.1. The van der Waals surface area contributed by atoms with Crippen LogP contribution < -0.4 is 4.74 Å². The van der Waals surface area contributed by atoms with Crippen molar-refractivity contribution in [1.29, 1.82) is 0 Å². The van der Waals surface area contributed by atoms with E-state index in [9.17, 15) is 14.3 Å². The van der Waals surface area contributed by atoms with Crippen molar-refractivity contribution in [3.05, 3.63) is 29.1 Å². The molecule has 16 heavy (non-hydrogen) atoms. The van der Waals surface area contributed by atoms with E-state index in [1.165, 1.54) is 12.1 Å². The Morgan fingerprint density at radius 2 is 2.38 bits per heavy atom. The third kappa shape index (κ3) is 1.63. The predicted octanol–water partition coefficient (Wildman–Crippen LogP) is 0.967. The Morgan fingerprint density at radius 1 is 1.62 bits per heavy atom. The van der Waals surface area contributed by atoms with Gasteiger partial charge >= 0.3 is 5.97 Å². The summed E-state index contributed by atoms with van der Waals surface area (Å²) in [5.41, 5.74) is 0.500. The first-order valence-corrected chi connectivity index (χ1v) is 4.85. The van der Waals surface area contributed by atoms with E-state index in [0.717, 1.165) is 7.11 Å². The van der Waals surface area contributed by atoms with Crippen LogP contribution >= 0.6 is 0 Å². The molecular weight excluding hydrogens is 215 g/mol. The van der Waals surface area contributed by atoms with Gasteiger partial charge in [-0.1, -0.05) is 0 Å². The van der Waals surface area contributed by atoms with Crippen molar-refractivity contribution in [2.45, 2.75) is 12.5 Å². The Bertz CT molecular complexity index is 430. The summed E-state index contributed by atoms with van der Waals surface area (Å²) in [6, 6.07) is 2.66. The summed E-state index contributed by atoms with van der Waals surface area (Å²) in [6.07, 6.45) is -1.11. The maximum Gasteiger partial charge on any atom is 0.339 e. The van der Waals surface area contributed by atoms with Gasteiger partial charge in [-0.2, -0.15) is 0 Å². The molecule has 0 aliphatic carbocycles. The number of carbonyl (C=O) groups is 1. The van der Waals surface area contributed by atoms with Crippen LogP contribution in [0.15, 0.2) is 12.1 Å². The maximum absolute atomic E-state index is 13.6. The number of aliphatic hydroxyl groups is 1. The van der Waals surface area contributed by atoms with Crippen LogP contribution in [0, 0.1) is 5.82 Å². The lowest BCUT2D eigenvalue weighted by Crippen LogP contribution is -2.16. The van der Waals surface area contributed by atoms with Crippen molar-refractivity contribution in [3.63, 3.8) is 0 Å². The van der Waals surface area contributed by atoms with Crippen LogP contribution in [-0.2, 0) is 16.0 Å². The molecule has 0 bridgehead atoms. The molecule has 0 saturated heterocycles. The van der Waals surface area contributed by atoms with Gasteiger partial charge in [-0.3, -0.25) is 0 Å². The van der Waals surface area contributed by atoms with Gasteiger partial charge in [0.25, 0.3) is 0 Å². The first-order valence-electron chi connectivity index (χ1n) is 4.85. The molecule has 5 heteroatoms. The van der Waals surface area contributed by atoms with Crippen LogP contribution in [0.5, 0.6) is 5.75 Å². The summed E-state index contributed by atoms with van der Waals surface area (Å²) in [7, 11) is 1.14. The fourth-order valence-corrected chi connectivity index (χ4v) is 1.80. The second kappa shape index (κ2) is 4.09. The van der Waals surface area contributed by atoms with Crippen LogP contribution in [0.2, 0.25) is 0 Å². The van der Waals surface area contributed by atoms with E-state index >= 15 is 0 Å². The molecule has 1 atom stereocenters. The van der Waals surface area contributed by atoms with Crippen LogP contribution in [0.3, 0.4) is 0 Å². The molecular formula is C11H11FO4. The first-order chi connectivity index (χ1) is 7.65. The number of benzene rings is 1. The number of aliphatic hydroxyl groups excluding tert-OH is 1. The van der Waals surface area contributed by atoms with Gasteiger partial charge in [0.2, 0.25) is 0 Å². The Labute approximate surface area is 91.6 Å². The average molecular weight is 226 g/mol. The van der Waals surface area contributed by atoms with Crippen LogP contribution in [0.25, 0.3) is 0 Å². The number of halogens is 1. The van der Waals surface area contributed by atoms with Gasteiger partial charge in [-0.25, -0.2) is 9.18 Å². The van der Waals surface area contributed by atoms with Crippen molar-refractivity contribution in [3.8, 4) is 5.75 Å². The first kappa shape index (κ1) is 10.9. The molecule has 1 aromatic carbocycles. The summed E-state index contributed by atoms with van der Waals surface area (Å²) in [4.78, 5) is 11.2. The lowest BCUT2D eigenvalue weighted by atomic mass is 9.99. The molecule has 1 N–H and O–H groups in total. The van der Waals surface area contributed by atoms with E-state index < -0.39 is 17.9 Å². The fourth-order valence-electron chi connectivity index (χ4n) is 1.80. The number of rotatable bonds is 2. The van der Waals surface area contributed by atoms with Gasteiger partial charge in [-0.05, 0) is 12.1 Å². The molecule has 0 spiro atoms. The molecule has 0 fully saturated rings. The molecule has 1 aromatic rings. The molecule has 0 radical (unpaired) electrons. The topological polar surface area (TPSA) is 55.8 Å². The van der Waals surface area contributed by atoms with E-state index in [1.54, 1.807) is 0 Å². The minimum absolute atomic E-state index is 0.0400. The molecule has 86 valence electrons. The van der Waals surface area contributed by atoms with Crippen molar-refractivity contribution in [2.75, 3.05) is 13.7 Å². The quantitative estimate of drug-likeness (QED) is 0.763. The molecule has 1 aliphatic heterocycles. The summed E-state index contributed by atoms with van der Waals surface area (Å²) in [5.74, 6) is -0.985. The Hall–Kier alpha value is -1.62. The van der Waals surface area contributed by atoms with Gasteiger partial charge in [0.05, 0.1) is 13.7 Å². The number of hydrogen-bond donors (Lipinski definition) is 1. The Kier molecular flexibility index (Phi) is 2.78. The van der Waals surface area contributed by atoms with Gasteiger partial charge in [0.1, 0.15) is 11.6 Å². The van der Waals surface area contributed by atoms with Crippen LogP contribution in [0.4, 0.5) is 4.39 Å². The lowest BCUT2D eigenvalue weighted by molar-refractivity contribution is -0.150. The second-order valence-corrected chi connectivity index (χ2v) is 3.46. The number of esters is 1. The van der Waals surface area contributed by atoms with Crippen LogP contribution in [-0.4, -0.2) is 24.8 Å². The lowest BCUT2D eigenvalue weighted by Gasteiger charge is -2.13. The summed E-state index contributed by atoms with van der Waals surface area (Å²) < 4.78 is 23.2. The standard InChI is InChI=1S/C11H11FO4/c1-15-11(14)10(13)9-6-4-5-16-8(6)3-2-7(9)12/h2-3,10,13H,4-5H2,1H3. The molecule has 0 amide bonds. The third-order valence-electron chi connectivity index (χ3n) is 2.57. The molecule has 1 unspecified atom stereocenters. The highest BCUT2D eigenvalue weighted by Gasteiger charge is 2.29. The summed E-state index contributed by atoms with van der Waals surface area (Å²) in [5, 5.41) is 9.66. The van der Waals surface area contributed by atoms with E-state index in [-0.39, 0.29) is 5.56 Å².